The van der Waals surface area contributed by atoms with Gasteiger partial charge in [0.2, 0.25) is 0 Å². The number of aliphatic hydroxyl groups excluding tert-OH is 12. The quantitative estimate of drug-likeness (QED) is 0.0624. The highest BCUT2D eigenvalue weighted by Crippen LogP contribution is 2.19. The molecule has 0 spiro atoms. The van der Waals surface area contributed by atoms with E-state index in [1.807, 2.05) is 10.6 Å². The van der Waals surface area contributed by atoms with Crippen molar-refractivity contribution in [2.45, 2.75) is 22.2 Å². The fourth-order valence-corrected chi connectivity index (χ4v) is 3.40. The molecule has 1 rings (SSSR count). The van der Waals surface area contributed by atoms with Gasteiger partial charge in [-0.05, 0) is 18.2 Å². The number of aliphatic carboxylic acids is 2. The van der Waals surface area contributed by atoms with Crippen LogP contribution in [-0.2, 0) is 19.2 Å². The van der Waals surface area contributed by atoms with Gasteiger partial charge in [0, 0.05) is 11.4 Å². The second-order valence-electron chi connectivity index (χ2n) is 10.7. The maximum atomic E-state index is 11.0. The summed E-state index contributed by atoms with van der Waals surface area (Å²) in [6.45, 7) is -7.15. The average molecular weight is 728 g/mol. The molecule has 0 aliphatic heterocycles. The van der Waals surface area contributed by atoms with Crippen LogP contribution in [0, 0.1) is 11.3 Å². The monoisotopic (exact) mass is 727 g/mol. The topological polar surface area (TPSA) is 423 Å². The summed E-state index contributed by atoms with van der Waals surface area (Å²) in [7, 11) is 0. The number of carboxylic acid groups (broad SMARTS) is 2. The van der Waals surface area contributed by atoms with Crippen LogP contribution in [0.25, 0.3) is 0 Å². The molecule has 0 aliphatic carbocycles. The SMILES string of the molecule is N#Cc1cc(NC(=O)C(=O)O)cc(NC(=O)C(=O)O)c1.OCC(CO)(CO)NC(CO)(CO)CO.OCC(CO)(CO)NC(CO)(CO)CO. The molecule has 0 fully saturated rings. The first-order chi connectivity index (χ1) is 23.5. The van der Waals surface area contributed by atoms with Crippen LogP contribution in [0.2, 0.25) is 0 Å². The van der Waals surface area contributed by atoms with Gasteiger partial charge in [-0.25, -0.2) is 9.59 Å². The van der Waals surface area contributed by atoms with E-state index in [2.05, 4.69) is 10.6 Å². The second kappa shape index (κ2) is 23.4. The Hall–Kier alpha value is -3.97. The zero-order valence-electron chi connectivity index (χ0n) is 26.6. The molecule has 0 radical (unpaired) electrons. The van der Waals surface area contributed by atoms with Crippen LogP contribution in [0.15, 0.2) is 18.2 Å². The predicted molar refractivity (Wildman–Crippen MR) is 166 cm³/mol. The predicted octanol–water partition coefficient (Wildman–Crippen LogP) is -8.38. The molecule has 0 heterocycles. The largest absolute Gasteiger partial charge is 0.474 e. The van der Waals surface area contributed by atoms with E-state index in [0.717, 1.165) is 18.2 Å². The van der Waals surface area contributed by atoms with E-state index in [1.165, 1.54) is 0 Å². The molecule has 2 amide bonds. The summed E-state index contributed by atoms with van der Waals surface area (Å²) in [5.74, 6) is -6.14. The number of nitrogens with zero attached hydrogens (tertiary/aromatic N) is 1. The van der Waals surface area contributed by atoms with Crippen molar-refractivity contribution in [3.63, 3.8) is 0 Å². The number of anilines is 2. The number of amides is 2. The molecule has 0 bridgehead atoms. The molecule has 1 aromatic carbocycles. The summed E-state index contributed by atoms with van der Waals surface area (Å²) in [6, 6.07) is 5.16. The number of carboxylic acids is 2. The minimum absolute atomic E-state index is 0.00567. The summed E-state index contributed by atoms with van der Waals surface area (Å²) in [5.41, 5.74) is -5.95. The van der Waals surface area contributed by atoms with Gasteiger partial charge in [-0.1, -0.05) is 0 Å². The Kier molecular flexibility index (Phi) is 22.6. The molecule has 286 valence electrons. The molecule has 23 heteroatoms. The zero-order chi connectivity index (χ0) is 39.2. The number of nitrogens with one attached hydrogen (secondary N) is 4. The summed E-state index contributed by atoms with van der Waals surface area (Å²) in [5, 5.41) is 143. The van der Waals surface area contributed by atoms with Crippen LogP contribution >= 0.6 is 0 Å². The maximum absolute atomic E-state index is 11.0. The standard InChI is InChI=1S/C11H7N3O6.2C8H19NO6/c12-4-5-1-6(13-8(15)10(17)18)3-7(2-5)14-9(16)11(19)20;2*10-1-7(2-11,3-12)9-8(4-13,5-14)6-15/h1-3H,(H,13,15)(H,14,16)(H,17,18)(H,19,20);2*9-15H,1-6H2. The van der Waals surface area contributed by atoms with Crippen molar-refractivity contribution >= 4 is 35.1 Å². The van der Waals surface area contributed by atoms with Gasteiger partial charge in [-0.3, -0.25) is 20.2 Å². The number of carbonyl (C=O) groups is 4. The van der Waals surface area contributed by atoms with Crippen LogP contribution in [0.1, 0.15) is 5.56 Å². The Bertz CT molecular complexity index is 1090. The van der Waals surface area contributed by atoms with E-state index in [9.17, 15) is 19.2 Å². The molecular weight excluding hydrogens is 682 g/mol. The summed E-state index contributed by atoms with van der Waals surface area (Å²) >= 11 is 0. The molecular formula is C27H45N5O18. The van der Waals surface area contributed by atoms with E-state index >= 15 is 0 Å². The fourth-order valence-electron chi connectivity index (χ4n) is 3.40. The van der Waals surface area contributed by atoms with Crippen molar-refractivity contribution in [3.05, 3.63) is 23.8 Å². The first-order valence-electron chi connectivity index (χ1n) is 14.0. The van der Waals surface area contributed by atoms with Gasteiger partial charge in [0.1, 0.15) is 0 Å². The molecule has 0 saturated carbocycles. The lowest BCUT2D eigenvalue weighted by molar-refractivity contribution is -0.147. The van der Waals surface area contributed by atoms with Gasteiger partial charge in [-0.2, -0.15) is 5.26 Å². The number of aliphatic hydroxyl groups is 12. The van der Waals surface area contributed by atoms with Gasteiger partial charge in [-0.15, -0.1) is 0 Å². The van der Waals surface area contributed by atoms with Crippen molar-refractivity contribution in [2.24, 2.45) is 0 Å². The molecule has 1 aromatic rings. The van der Waals surface area contributed by atoms with E-state index in [-0.39, 0.29) is 16.9 Å². The number of rotatable bonds is 18. The number of carbonyl (C=O) groups excluding carboxylic acids is 2. The van der Waals surface area contributed by atoms with Crippen LogP contribution in [-0.4, -0.2) is 197 Å². The van der Waals surface area contributed by atoms with Crippen molar-refractivity contribution in [1.29, 1.82) is 5.26 Å². The summed E-state index contributed by atoms with van der Waals surface area (Å²) < 4.78 is 0. The molecule has 0 unspecified atom stereocenters. The molecule has 0 saturated heterocycles. The number of hydrogen-bond acceptors (Lipinski definition) is 19. The van der Waals surface area contributed by atoms with E-state index in [4.69, 9.17) is 76.8 Å². The van der Waals surface area contributed by atoms with Crippen LogP contribution in [0.4, 0.5) is 11.4 Å². The minimum Gasteiger partial charge on any atom is -0.474 e. The highest BCUT2D eigenvalue weighted by molar-refractivity contribution is 6.37. The molecule has 0 aromatic heterocycles. The lowest BCUT2D eigenvalue weighted by atomic mass is 9.94. The molecule has 0 atom stereocenters. The van der Waals surface area contributed by atoms with Crippen LogP contribution in [0.5, 0.6) is 0 Å². The third-order valence-corrected chi connectivity index (χ3v) is 6.66. The van der Waals surface area contributed by atoms with Crippen molar-refractivity contribution < 1.29 is 90.7 Å². The van der Waals surface area contributed by atoms with Gasteiger partial charge >= 0.3 is 23.8 Å². The molecule has 50 heavy (non-hydrogen) atoms. The molecule has 0 aliphatic rings. The lowest BCUT2D eigenvalue weighted by Gasteiger charge is -2.39. The summed E-state index contributed by atoms with van der Waals surface area (Å²) in [4.78, 5) is 42.7. The highest BCUT2D eigenvalue weighted by atomic mass is 16.4. The Balaban J connectivity index is 0. The van der Waals surface area contributed by atoms with Gasteiger partial charge in [0.05, 0.1) is 113 Å². The Morgan fingerprint density at radius 2 is 0.700 bits per heavy atom. The summed E-state index contributed by atoms with van der Waals surface area (Å²) in [6.07, 6.45) is 0. The highest BCUT2D eigenvalue weighted by Gasteiger charge is 2.40. The average Bonchev–Trinajstić information content (AvgIpc) is 3.14. The van der Waals surface area contributed by atoms with Crippen molar-refractivity contribution in [3.8, 4) is 6.07 Å². The first kappa shape index (κ1) is 48.1. The van der Waals surface area contributed by atoms with E-state index in [1.54, 1.807) is 6.07 Å². The van der Waals surface area contributed by atoms with Gasteiger partial charge in [0.15, 0.2) is 0 Å². The van der Waals surface area contributed by atoms with Gasteiger partial charge < -0.3 is 82.1 Å². The number of benzene rings is 1. The second-order valence-corrected chi connectivity index (χ2v) is 10.7. The zero-order valence-corrected chi connectivity index (χ0v) is 26.6. The Labute approximate surface area is 283 Å². The smallest absolute Gasteiger partial charge is 0.394 e. The van der Waals surface area contributed by atoms with Gasteiger partial charge in [0.25, 0.3) is 0 Å². The Morgan fingerprint density at radius 1 is 0.480 bits per heavy atom. The number of nitriles is 1. The van der Waals surface area contributed by atoms with Crippen molar-refractivity contribution in [1.82, 2.24) is 10.6 Å². The van der Waals surface area contributed by atoms with E-state index < -0.39 is 125 Å². The Morgan fingerprint density at radius 3 is 0.860 bits per heavy atom. The maximum Gasteiger partial charge on any atom is 0.394 e. The molecule has 23 nitrogen and oxygen atoms in total. The first-order valence-corrected chi connectivity index (χ1v) is 14.0. The van der Waals surface area contributed by atoms with Crippen LogP contribution in [0.3, 0.4) is 0 Å². The van der Waals surface area contributed by atoms with E-state index in [0.29, 0.717) is 0 Å². The number of hydrogen-bond donors (Lipinski definition) is 18. The third-order valence-electron chi connectivity index (χ3n) is 6.66. The normalized spacial score (nSPS) is 11.6. The third kappa shape index (κ3) is 14.9. The van der Waals surface area contributed by atoms with Crippen molar-refractivity contribution in [2.75, 3.05) is 89.9 Å². The minimum atomic E-state index is -1.73. The fraction of sp³-hybridized carbons (Fsp3) is 0.593. The lowest BCUT2D eigenvalue weighted by Crippen LogP contribution is -2.68. The molecule has 18 N–H and O–H groups in total. The van der Waals surface area contributed by atoms with Crippen LogP contribution < -0.4 is 21.3 Å².